The average Bonchev–Trinajstić information content (AvgIpc) is 3.52. The number of carbonyl (C=O) groups excluding carboxylic acids is 2. The highest BCUT2D eigenvalue weighted by molar-refractivity contribution is 5.89. The molecule has 1 aliphatic heterocycles. The molecular weight excluding hydrogens is 466 g/mol. The van der Waals surface area contributed by atoms with Crippen LogP contribution in [0.1, 0.15) is 42.5 Å². The van der Waals surface area contributed by atoms with Crippen molar-refractivity contribution in [3.05, 3.63) is 48.5 Å². The van der Waals surface area contributed by atoms with Gasteiger partial charge in [-0.2, -0.15) is 0 Å². The molecular formula is C25H29N5O6. The zero-order chi connectivity index (χ0) is 24.9. The lowest BCUT2D eigenvalue weighted by Crippen LogP contribution is -2.36. The number of rotatable bonds is 8. The third kappa shape index (κ3) is 5.63. The van der Waals surface area contributed by atoms with Gasteiger partial charge in [0.2, 0.25) is 0 Å². The summed E-state index contributed by atoms with van der Waals surface area (Å²) in [4.78, 5) is 37.7. The highest BCUT2D eigenvalue weighted by Gasteiger charge is 2.30. The second-order valence-corrected chi connectivity index (χ2v) is 9.14. The normalized spacial score (nSPS) is 23.9. The van der Waals surface area contributed by atoms with E-state index in [0.29, 0.717) is 29.0 Å². The van der Waals surface area contributed by atoms with E-state index in [9.17, 15) is 14.7 Å². The van der Waals surface area contributed by atoms with E-state index in [1.165, 1.54) is 12.7 Å². The fourth-order valence-electron chi connectivity index (χ4n) is 4.62. The molecule has 4 atom stereocenters. The van der Waals surface area contributed by atoms with Gasteiger partial charge in [-0.3, -0.25) is 4.79 Å². The Kier molecular flexibility index (Phi) is 7.38. The molecule has 1 aliphatic carbocycles. The van der Waals surface area contributed by atoms with Crippen molar-refractivity contribution in [2.45, 2.75) is 63.0 Å². The summed E-state index contributed by atoms with van der Waals surface area (Å²) in [6.07, 6.45) is 5.87. The molecule has 2 fully saturated rings. The Morgan fingerprint density at radius 1 is 1.14 bits per heavy atom. The maximum Gasteiger partial charge on any atom is 0.338 e. The number of aromatic nitrogens is 4. The van der Waals surface area contributed by atoms with Crippen LogP contribution in [0.25, 0.3) is 11.2 Å². The van der Waals surface area contributed by atoms with Crippen LogP contribution in [0.3, 0.4) is 0 Å². The Labute approximate surface area is 207 Å². The zero-order valence-corrected chi connectivity index (χ0v) is 19.8. The number of carbonyl (C=O) groups is 2. The van der Waals surface area contributed by atoms with Gasteiger partial charge in [0.25, 0.3) is 0 Å². The average molecular weight is 496 g/mol. The minimum Gasteiger partial charge on any atom is -0.459 e. The van der Waals surface area contributed by atoms with Crippen molar-refractivity contribution in [3.8, 4) is 0 Å². The first-order valence-electron chi connectivity index (χ1n) is 12.2. The second-order valence-electron chi connectivity index (χ2n) is 9.14. The van der Waals surface area contributed by atoms with E-state index in [1.807, 2.05) is 6.07 Å². The highest BCUT2D eigenvalue weighted by atomic mass is 16.6. The lowest BCUT2D eigenvalue weighted by molar-refractivity contribution is -0.149. The highest BCUT2D eigenvalue weighted by Crippen LogP contribution is 2.25. The molecule has 0 amide bonds. The van der Waals surface area contributed by atoms with Crippen LogP contribution >= 0.6 is 0 Å². The van der Waals surface area contributed by atoms with Gasteiger partial charge in [-0.25, -0.2) is 19.7 Å². The number of nitrogens with one attached hydrogen (secondary N) is 1. The number of ether oxygens (including phenoxy) is 3. The zero-order valence-electron chi connectivity index (χ0n) is 19.8. The molecule has 11 nitrogen and oxygen atoms in total. The van der Waals surface area contributed by atoms with Crippen LogP contribution in [0, 0.1) is 0 Å². The van der Waals surface area contributed by atoms with Crippen molar-refractivity contribution in [1.29, 1.82) is 0 Å². The third-order valence-corrected chi connectivity index (χ3v) is 6.50. The second kappa shape index (κ2) is 11.0. The van der Waals surface area contributed by atoms with E-state index >= 15 is 0 Å². The maximum atomic E-state index is 12.6. The van der Waals surface area contributed by atoms with Crippen molar-refractivity contribution in [2.75, 3.05) is 18.5 Å². The lowest BCUT2D eigenvalue weighted by atomic mass is 9.92. The summed E-state index contributed by atoms with van der Waals surface area (Å²) in [5.41, 5.74) is 1.51. The minimum atomic E-state index is -0.444. The van der Waals surface area contributed by atoms with Crippen LogP contribution in [-0.4, -0.2) is 74.1 Å². The van der Waals surface area contributed by atoms with Gasteiger partial charge < -0.3 is 29.2 Å². The van der Waals surface area contributed by atoms with E-state index in [2.05, 4.69) is 20.3 Å². The number of esters is 2. The number of anilines is 1. The van der Waals surface area contributed by atoms with Gasteiger partial charge in [-0.05, 0) is 25.0 Å². The molecule has 11 heteroatoms. The summed E-state index contributed by atoms with van der Waals surface area (Å²) in [6, 6.07) is 8.65. The van der Waals surface area contributed by atoms with E-state index in [4.69, 9.17) is 14.2 Å². The van der Waals surface area contributed by atoms with Gasteiger partial charge in [0.1, 0.15) is 31.1 Å². The van der Waals surface area contributed by atoms with Gasteiger partial charge >= 0.3 is 11.9 Å². The Balaban J connectivity index is 1.13. The SMILES string of the molecule is O=C(Cn1cnc2c(N[C@@H]3CCCC[C@H]3O)ncnc21)O[C@H]1CO[C@H](COC(=O)c2ccccc2)C1. The number of imidazole rings is 1. The van der Waals surface area contributed by atoms with Crippen molar-refractivity contribution in [2.24, 2.45) is 0 Å². The molecule has 2 N–H and O–H groups in total. The topological polar surface area (TPSA) is 138 Å². The number of benzene rings is 1. The lowest BCUT2D eigenvalue weighted by Gasteiger charge is -2.28. The van der Waals surface area contributed by atoms with Gasteiger partial charge in [-0.1, -0.05) is 31.0 Å². The molecule has 1 saturated heterocycles. The number of hydrogen-bond donors (Lipinski definition) is 2. The van der Waals surface area contributed by atoms with Gasteiger partial charge in [-0.15, -0.1) is 0 Å². The van der Waals surface area contributed by atoms with Crippen LogP contribution in [0.4, 0.5) is 5.82 Å². The van der Waals surface area contributed by atoms with E-state index in [-0.39, 0.29) is 31.9 Å². The van der Waals surface area contributed by atoms with Crippen LogP contribution < -0.4 is 5.32 Å². The molecule has 0 spiro atoms. The van der Waals surface area contributed by atoms with Crippen molar-refractivity contribution < 1.29 is 28.9 Å². The summed E-state index contributed by atoms with van der Waals surface area (Å²) in [7, 11) is 0. The molecule has 190 valence electrons. The number of aliphatic hydroxyl groups excluding tert-OH is 1. The number of fused-ring (bicyclic) bond motifs is 1. The van der Waals surface area contributed by atoms with Crippen molar-refractivity contribution >= 4 is 28.9 Å². The first-order valence-corrected chi connectivity index (χ1v) is 12.2. The summed E-state index contributed by atoms with van der Waals surface area (Å²) in [5, 5.41) is 13.6. The number of aliphatic hydroxyl groups is 1. The fourth-order valence-corrected chi connectivity index (χ4v) is 4.62. The first kappa shape index (κ1) is 24.1. The minimum absolute atomic E-state index is 0.0663. The Morgan fingerprint density at radius 2 is 1.97 bits per heavy atom. The molecule has 3 heterocycles. The van der Waals surface area contributed by atoms with Crippen LogP contribution in [0.15, 0.2) is 43.0 Å². The van der Waals surface area contributed by atoms with E-state index in [0.717, 1.165) is 25.7 Å². The summed E-state index contributed by atoms with van der Waals surface area (Å²) in [5.74, 6) is -0.323. The quantitative estimate of drug-likeness (QED) is 0.447. The Bertz CT molecular complexity index is 1200. The van der Waals surface area contributed by atoms with Crippen molar-refractivity contribution in [1.82, 2.24) is 19.5 Å². The van der Waals surface area contributed by atoms with Gasteiger partial charge in [0.15, 0.2) is 11.5 Å². The van der Waals surface area contributed by atoms with E-state index in [1.54, 1.807) is 28.8 Å². The standard InChI is InChI=1S/C25H29N5O6/c31-20-9-5-4-8-19(20)29-23-22-24(27-14-26-23)30(15-28-22)11-21(32)36-18-10-17(34-13-18)12-35-25(33)16-6-2-1-3-7-16/h1-3,6-7,14-15,17-20,31H,4-5,8-13H2,(H,26,27,29)/t17-,18+,19+,20+/m0/s1. The summed E-state index contributed by atoms with van der Waals surface area (Å²) < 4.78 is 18.1. The molecule has 3 aromatic rings. The van der Waals surface area contributed by atoms with Gasteiger partial charge in [0, 0.05) is 6.42 Å². The third-order valence-electron chi connectivity index (χ3n) is 6.50. The maximum absolute atomic E-state index is 12.6. The molecule has 2 aromatic heterocycles. The molecule has 5 rings (SSSR count). The van der Waals surface area contributed by atoms with Crippen LogP contribution in [-0.2, 0) is 25.5 Å². The number of nitrogens with zero attached hydrogens (tertiary/aromatic N) is 4. The fraction of sp³-hybridized carbons (Fsp3) is 0.480. The van der Waals surface area contributed by atoms with Crippen LogP contribution in [0.2, 0.25) is 0 Å². The van der Waals surface area contributed by atoms with Crippen LogP contribution in [0.5, 0.6) is 0 Å². The molecule has 0 unspecified atom stereocenters. The number of hydrogen-bond acceptors (Lipinski definition) is 10. The Morgan fingerprint density at radius 3 is 2.81 bits per heavy atom. The molecule has 36 heavy (non-hydrogen) atoms. The largest absolute Gasteiger partial charge is 0.459 e. The monoisotopic (exact) mass is 495 g/mol. The van der Waals surface area contributed by atoms with Gasteiger partial charge in [0.05, 0.1) is 36.7 Å². The molecule has 1 saturated carbocycles. The molecule has 0 bridgehead atoms. The van der Waals surface area contributed by atoms with E-state index < -0.39 is 24.1 Å². The first-order chi connectivity index (χ1) is 17.6. The summed E-state index contributed by atoms with van der Waals surface area (Å²) in [6.45, 7) is 0.267. The predicted molar refractivity (Wildman–Crippen MR) is 128 cm³/mol. The molecule has 0 radical (unpaired) electrons. The Hall–Kier alpha value is -3.57. The molecule has 2 aliphatic rings. The van der Waals surface area contributed by atoms with Crippen molar-refractivity contribution in [3.63, 3.8) is 0 Å². The molecule has 1 aromatic carbocycles. The smallest absolute Gasteiger partial charge is 0.338 e. The predicted octanol–water partition coefficient (Wildman–Crippen LogP) is 2.10. The summed E-state index contributed by atoms with van der Waals surface area (Å²) >= 11 is 0.